The molecule has 2 N–H and O–H groups in total. The lowest BCUT2D eigenvalue weighted by molar-refractivity contribution is 0.381. The van der Waals surface area contributed by atoms with E-state index in [-0.39, 0.29) is 0 Å². The first kappa shape index (κ1) is 13.5. The molecule has 0 bridgehead atoms. The molecular formula is C12H19BrN4O. The van der Waals surface area contributed by atoms with E-state index >= 15 is 0 Å². The third-order valence-electron chi connectivity index (χ3n) is 3.27. The van der Waals surface area contributed by atoms with Crippen LogP contribution in [0.3, 0.4) is 0 Å². The van der Waals surface area contributed by atoms with Crippen molar-refractivity contribution in [1.82, 2.24) is 9.97 Å². The fourth-order valence-electron chi connectivity index (χ4n) is 2.36. The van der Waals surface area contributed by atoms with Gasteiger partial charge in [-0.2, -0.15) is 4.98 Å². The number of aromatic nitrogens is 2. The van der Waals surface area contributed by atoms with Gasteiger partial charge in [-0.15, -0.1) is 0 Å². The van der Waals surface area contributed by atoms with Crippen LogP contribution in [0.1, 0.15) is 19.3 Å². The summed E-state index contributed by atoms with van der Waals surface area (Å²) in [7, 11) is 1.62. The molecule has 2 rings (SSSR count). The van der Waals surface area contributed by atoms with Crippen molar-refractivity contribution in [3.63, 3.8) is 0 Å². The first-order valence-electron chi connectivity index (χ1n) is 6.26. The predicted molar refractivity (Wildman–Crippen MR) is 74.9 cm³/mol. The zero-order chi connectivity index (χ0) is 13.0. The number of hydrogen-bond acceptors (Lipinski definition) is 5. The minimum atomic E-state index is 0.584. The van der Waals surface area contributed by atoms with Crippen LogP contribution in [0.5, 0.6) is 5.88 Å². The van der Waals surface area contributed by atoms with E-state index in [1.165, 1.54) is 12.8 Å². The largest absolute Gasteiger partial charge is 0.480 e. The molecule has 18 heavy (non-hydrogen) atoms. The smallest absolute Gasteiger partial charge is 0.232 e. The molecule has 1 aliphatic heterocycles. The lowest BCUT2D eigenvalue weighted by Crippen LogP contribution is -2.37. The van der Waals surface area contributed by atoms with E-state index in [1.807, 2.05) is 0 Å². The maximum atomic E-state index is 5.63. The Balaban J connectivity index is 2.10. The SMILES string of the molecule is COc1nc(N2CCCC(CCN)C2)ncc1Br. The highest BCUT2D eigenvalue weighted by Crippen LogP contribution is 2.26. The quantitative estimate of drug-likeness (QED) is 0.918. The number of halogens is 1. The van der Waals surface area contributed by atoms with Crippen LogP contribution >= 0.6 is 15.9 Å². The van der Waals surface area contributed by atoms with E-state index in [1.54, 1.807) is 13.3 Å². The average molecular weight is 315 g/mol. The second kappa shape index (κ2) is 6.33. The molecule has 0 amide bonds. The van der Waals surface area contributed by atoms with Crippen LogP contribution in [0.4, 0.5) is 5.95 Å². The highest BCUT2D eigenvalue weighted by Gasteiger charge is 2.21. The van der Waals surface area contributed by atoms with Gasteiger partial charge in [-0.25, -0.2) is 4.98 Å². The van der Waals surface area contributed by atoms with Crippen molar-refractivity contribution >= 4 is 21.9 Å². The molecule has 0 radical (unpaired) electrons. The molecular weight excluding hydrogens is 296 g/mol. The fraction of sp³-hybridized carbons (Fsp3) is 0.667. The summed E-state index contributed by atoms with van der Waals surface area (Å²) in [6.45, 7) is 2.75. The summed E-state index contributed by atoms with van der Waals surface area (Å²) >= 11 is 3.37. The lowest BCUT2D eigenvalue weighted by atomic mass is 9.95. The van der Waals surface area contributed by atoms with Gasteiger partial charge < -0.3 is 15.4 Å². The van der Waals surface area contributed by atoms with Crippen LogP contribution in [0.2, 0.25) is 0 Å². The summed E-state index contributed by atoms with van der Waals surface area (Å²) in [5.41, 5.74) is 5.63. The van der Waals surface area contributed by atoms with Crippen molar-refractivity contribution in [2.24, 2.45) is 11.7 Å². The second-order valence-electron chi connectivity index (χ2n) is 4.56. The number of rotatable bonds is 4. The Morgan fingerprint density at radius 2 is 2.44 bits per heavy atom. The van der Waals surface area contributed by atoms with Crippen LogP contribution in [0, 0.1) is 5.92 Å². The Bertz CT molecular complexity index is 400. The number of methoxy groups -OCH3 is 1. The number of anilines is 1. The Kier molecular flexibility index (Phi) is 4.77. The van der Waals surface area contributed by atoms with Gasteiger partial charge in [-0.05, 0) is 47.7 Å². The first-order valence-corrected chi connectivity index (χ1v) is 7.05. The predicted octanol–water partition coefficient (Wildman–Crippen LogP) is 1.81. The minimum absolute atomic E-state index is 0.584. The molecule has 1 fully saturated rings. The lowest BCUT2D eigenvalue weighted by Gasteiger charge is -2.32. The van der Waals surface area contributed by atoms with Crippen LogP contribution in [0.15, 0.2) is 10.7 Å². The average Bonchev–Trinajstić information content (AvgIpc) is 2.40. The molecule has 0 saturated carbocycles. The van der Waals surface area contributed by atoms with Crippen LogP contribution in [-0.4, -0.2) is 36.7 Å². The van der Waals surface area contributed by atoms with Crippen LogP contribution in [-0.2, 0) is 0 Å². The number of ether oxygens (including phenoxy) is 1. The third kappa shape index (κ3) is 3.11. The van der Waals surface area contributed by atoms with Gasteiger partial charge in [0.05, 0.1) is 17.8 Å². The maximum Gasteiger partial charge on any atom is 0.232 e. The highest BCUT2D eigenvalue weighted by atomic mass is 79.9. The number of hydrogen-bond donors (Lipinski definition) is 1. The molecule has 100 valence electrons. The molecule has 1 unspecified atom stereocenters. The van der Waals surface area contributed by atoms with Gasteiger partial charge >= 0.3 is 0 Å². The van der Waals surface area contributed by atoms with Gasteiger partial charge in [0.15, 0.2) is 0 Å². The van der Waals surface area contributed by atoms with E-state index < -0.39 is 0 Å². The summed E-state index contributed by atoms with van der Waals surface area (Å²) in [6.07, 6.45) is 5.24. The summed E-state index contributed by atoms with van der Waals surface area (Å²) in [5.74, 6) is 1.99. The van der Waals surface area contributed by atoms with E-state index in [9.17, 15) is 0 Å². The van der Waals surface area contributed by atoms with Gasteiger partial charge in [0.2, 0.25) is 11.8 Å². The van der Waals surface area contributed by atoms with E-state index in [0.717, 1.165) is 36.5 Å². The molecule has 0 spiro atoms. The standard InChI is InChI=1S/C12H19BrN4O/c1-18-11-10(13)7-15-12(16-11)17-6-2-3-9(8-17)4-5-14/h7,9H,2-6,8,14H2,1H3. The Hall–Kier alpha value is -0.880. The van der Waals surface area contributed by atoms with Gasteiger partial charge in [0.25, 0.3) is 0 Å². The summed E-state index contributed by atoms with van der Waals surface area (Å²) in [4.78, 5) is 11.0. The zero-order valence-electron chi connectivity index (χ0n) is 10.6. The zero-order valence-corrected chi connectivity index (χ0v) is 12.2. The van der Waals surface area contributed by atoms with Crippen molar-refractivity contribution in [3.8, 4) is 5.88 Å². The Labute approximate surface area is 116 Å². The van der Waals surface area contributed by atoms with Crippen molar-refractivity contribution in [1.29, 1.82) is 0 Å². The second-order valence-corrected chi connectivity index (χ2v) is 5.41. The highest BCUT2D eigenvalue weighted by molar-refractivity contribution is 9.10. The Morgan fingerprint density at radius 3 is 3.17 bits per heavy atom. The van der Waals surface area contributed by atoms with E-state index in [4.69, 9.17) is 10.5 Å². The maximum absolute atomic E-state index is 5.63. The van der Waals surface area contributed by atoms with Gasteiger partial charge in [-0.1, -0.05) is 0 Å². The van der Waals surface area contributed by atoms with Gasteiger partial charge in [0.1, 0.15) is 0 Å². The van der Waals surface area contributed by atoms with Crippen molar-refractivity contribution in [3.05, 3.63) is 10.7 Å². The Morgan fingerprint density at radius 1 is 1.61 bits per heavy atom. The molecule has 1 aromatic rings. The van der Waals surface area contributed by atoms with Crippen molar-refractivity contribution in [2.75, 3.05) is 31.6 Å². The minimum Gasteiger partial charge on any atom is -0.480 e. The number of piperidine rings is 1. The topological polar surface area (TPSA) is 64.3 Å². The van der Waals surface area contributed by atoms with Crippen molar-refractivity contribution < 1.29 is 4.74 Å². The summed E-state index contributed by atoms with van der Waals surface area (Å²) in [6, 6.07) is 0. The molecule has 1 saturated heterocycles. The third-order valence-corrected chi connectivity index (χ3v) is 3.81. The van der Waals surface area contributed by atoms with Crippen molar-refractivity contribution in [2.45, 2.75) is 19.3 Å². The van der Waals surface area contributed by atoms with E-state index in [0.29, 0.717) is 11.8 Å². The normalized spacial score (nSPS) is 19.9. The molecule has 1 atom stereocenters. The van der Waals surface area contributed by atoms with Gasteiger partial charge in [0, 0.05) is 13.1 Å². The first-order chi connectivity index (χ1) is 8.74. The molecule has 0 aliphatic carbocycles. The van der Waals surface area contributed by atoms with Crippen LogP contribution in [0.25, 0.3) is 0 Å². The number of nitrogens with zero attached hydrogens (tertiary/aromatic N) is 3. The molecule has 5 nitrogen and oxygen atoms in total. The molecule has 1 aromatic heterocycles. The fourth-order valence-corrected chi connectivity index (χ4v) is 2.71. The number of nitrogens with two attached hydrogens (primary N) is 1. The monoisotopic (exact) mass is 314 g/mol. The van der Waals surface area contributed by atoms with Crippen LogP contribution < -0.4 is 15.4 Å². The summed E-state index contributed by atoms with van der Waals surface area (Å²) in [5, 5.41) is 0. The molecule has 0 aromatic carbocycles. The summed E-state index contributed by atoms with van der Waals surface area (Å²) < 4.78 is 5.99. The molecule has 6 heteroatoms. The van der Waals surface area contributed by atoms with E-state index in [2.05, 4.69) is 30.8 Å². The molecule has 2 heterocycles. The molecule has 1 aliphatic rings. The van der Waals surface area contributed by atoms with Gasteiger partial charge in [-0.3, -0.25) is 0 Å².